The highest BCUT2D eigenvalue weighted by Crippen LogP contribution is 2.34. The molecule has 4 rings (SSSR count). The predicted octanol–water partition coefficient (Wildman–Crippen LogP) is 3.21. The zero-order chi connectivity index (χ0) is 23.2. The number of hydrogen-bond acceptors (Lipinski definition) is 7. The number of para-hydroxylation sites is 1. The third-order valence-electron chi connectivity index (χ3n) is 5.79. The summed E-state index contributed by atoms with van der Waals surface area (Å²) in [6.45, 7) is 6.58. The second-order valence-corrected chi connectivity index (χ2v) is 8.59. The van der Waals surface area contributed by atoms with Gasteiger partial charge >= 0.3 is 0 Å². The number of likely N-dealkylation sites (N-methyl/N-ethyl adjacent to an activating group) is 1. The highest BCUT2D eigenvalue weighted by atomic mass is 32.2. The van der Waals surface area contributed by atoms with Crippen LogP contribution in [0.2, 0.25) is 0 Å². The van der Waals surface area contributed by atoms with Gasteiger partial charge in [-0.2, -0.15) is 0 Å². The highest BCUT2D eigenvalue weighted by molar-refractivity contribution is 7.99. The number of carbonyl (C=O) groups excluding carboxylic acids is 1. The maximum atomic E-state index is 12.8. The molecule has 1 saturated heterocycles. The standard InChI is InChI=1S/C24H29N5O3S/c1-4-27-12-14-28(15-13-27)22(30)17-33-24-26-25-23(29(24)19-8-6-5-7-9-19)18-10-11-20(31-2)21(16-18)32-3/h5-11,16H,4,12-15,17H2,1-3H3. The van der Waals surface area contributed by atoms with Crippen LogP contribution in [0.5, 0.6) is 11.5 Å². The number of benzene rings is 2. The number of amides is 1. The normalized spacial score (nSPS) is 14.3. The van der Waals surface area contributed by atoms with Crippen molar-refractivity contribution in [2.75, 3.05) is 52.7 Å². The number of nitrogens with zero attached hydrogens (tertiary/aromatic N) is 5. The van der Waals surface area contributed by atoms with Crippen LogP contribution in [0.4, 0.5) is 0 Å². The van der Waals surface area contributed by atoms with E-state index in [0.717, 1.165) is 44.0 Å². The van der Waals surface area contributed by atoms with Crippen molar-refractivity contribution in [3.8, 4) is 28.6 Å². The highest BCUT2D eigenvalue weighted by Gasteiger charge is 2.23. The molecule has 8 nitrogen and oxygen atoms in total. The lowest BCUT2D eigenvalue weighted by Gasteiger charge is -2.34. The van der Waals surface area contributed by atoms with Crippen molar-refractivity contribution in [2.45, 2.75) is 12.1 Å². The molecule has 33 heavy (non-hydrogen) atoms. The minimum Gasteiger partial charge on any atom is -0.493 e. The molecule has 0 radical (unpaired) electrons. The van der Waals surface area contributed by atoms with Gasteiger partial charge in [0, 0.05) is 37.4 Å². The maximum absolute atomic E-state index is 12.8. The molecular weight excluding hydrogens is 438 g/mol. The summed E-state index contributed by atoms with van der Waals surface area (Å²) in [5.41, 5.74) is 1.77. The van der Waals surface area contributed by atoms with E-state index in [1.165, 1.54) is 11.8 Å². The zero-order valence-corrected chi connectivity index (χ0v) is 20.0. The Morgan fingerprint density at radius 2 is 1.70 bits per heavy atom. The lowest BCUT2D eigenvalue weighted by Crippen LogP contribution is -2.49. The molecule has 2 heterocycles. The molecule has 0 spiro atoms. The van der Waals surface area contributed by atoms with Gasteiger partial charge in [-0.15, -0.1) is 10.2 Å². The molecule has 0 saturated carbocycles. The molecule has 1 amide bonds. The van der Waals surface area contributed by atoms with Crippen LogP contribution in [-0.2, 0) is 4.79 Å². The van der Waals surface area contributed by atoms with Gasteiger partial charge in [0.1, 0.15) is 0 Å². The van der Waals surface area contributed by atoms with Gasteiger partial charge < -0.3 is 19.3 Å². The number of rotatable bonds is 8. The Morgan fingerprint density at radius 3 is 2.36 bits per heavy atom. The topological polar surface area (TPSA) is 72.7 Å². The van der Waals surface area contributed by atoms with Crippen LogP contribution in [0.3, 0.4) is 0 Å². The van der Waals surface area contributed by atoms with E-state index in [1.807, 2.05) is 58.0 Å². The molecule has 0 unspecified atom stereocenters. The summed E-state index contributed by atoms with van der Waals surface area (Å²) in [7, 11) is 3.22. The summed E-state index contributed by atoms with van der Waals surface area (Å²) in [6.07, 6.45) is 0. The lowest BCUT2D eigenvalue weighted by atomic mass is 10.2. The number of carbonyl (C=O) groups is 1. The van der Waals surface area contributed by atoms with Crippen LogP contribution in [0.25, 0.3) is 17.1 Å². The van der Waals surface area contributed by atoms with Crippen molar-refractivity contribution >= 4 is 17.7 Å². The van der Waals surface area contributed by atoms with Crippen molar-refractivity contribution in [1.82, 2.24) is 24.6 Å². The fraction of sp³-hybridized carbons (Fsp3) is 0.375. The maximum Gasteiger partial charge on any atom is 0.233 e. The predicted molar refractivity (Wildman–Crippen MR) is 129 cm³/mol. The van der Waals surface area contributed by atoms with Gasteiger partial charge in [-0.25, -0.2) is 0 Å². The molecule has 0 atom stereocenters. The smallest absolute Gasteiger partial charge is 0.233 e. The molecule has 3 aromatic rings. The largest absolute Gasteiger partial charge is 0.493 e. The first-order valence-corrected chi connectivity index (χ1v) is 12.0. The Morgan fingerprint density at radius 1 is 0.970 bits per heavy atom. The van der Waals surface area contributed by atoms with Gasteiger partial charge in [0.2, 0.25) is 5.91 Å². The van der Waals surface area contributed by atoms with Crippen molar-refractivity contribution < 1.29 is 14.3 Å². The molecule has 1 aromatic heterocycles. The van der Waals surface area contributed by atoms with Crippen molar-refractivity contribution in [2.24, 2.45) is 0 Å². The molecule has 1 aliphatic heterocycles. The van der Waals surface area contributed by atoms with E-state index in [-0.39, 0.29) is 5.91 Å². The average molecular weight is 468 g/mol. The molecule has 1 aliphatic rings. The van der Waals surface area contributed by atoms with Gasteiger partial charge in [-0.3, -0.25) is 9.36 Å². The Labute approximate surface area is 198 Å². The van der Waals surface area contributed by atoms with Crippen LogP contribution in [-0.4, -0.2) is 83.2 Å². The van der Waals surface area contributed by atoms with Gasteiger partial charge in [-0.1, -0.05) is 36.9 Å². The summed E-state index contributed by atoms with van der Waals surface area (Å²) in [5, 5.41) is 9.58. The fourth-order valence-electron chi connectivity index (χ4n) is 3.87. The van der Waals surface area contributed by atoms with Crippen LogP contribution in [0.1, 0.15) is 6.92 Å². The van der Waals surface area contributed by atoms with Gasteiger partial charge in [0.15, 0.2) is 22.5 Å². The molecular formula is C24H29N5O3S. The van der Waals surface area contributed by atoms with Crippen molar-refractivity contribution in [3.63, 3.8) is 0 Å². The first-order chi connectivity index (χ1) is 16.1. The number of piperazine rings is 1. The van der Waals surface area contributed by atoms with E-state index in [1.54, 1.807) is 14.2 Å². The minimum atomic E-state index is 0.131. The Balaban J connectivity index is 1.59. The van der Waals surface area contributed by atoms with Crippen LogP contribution >= 0.6 is 11.8 Å². The number of methoxy groups -OCH3 is 2. The molecule has 9 heteroatoms. The SMILES string of the molecule is CCN1CCN(C(=O)CSc2nnc(-c3ccc(OC)c(OC)c3)n2-c2ccccc2)CC1. The van der Waals surface area contributed by atoms with Crippen LogP contribution in [0.15, 0.2) is 53.7 Å². The number of aromatic nitrogens is 3. The summed E-state index contributed by atoms with van der Waals surface area (Å²) in [5.74, 6) is 2.39. The number of hydrogen-bond donors (Lipinski definition) is 0. The summed E-state index contributed by atoms with van der Waals surface area (Å²) >= 11 is 1.41. The Kier molecular flexibility index (Phi) is 7.51. The molecule has 0 bridgehead atoms. The fourth-order valence-corrected chi connectivity index (χ4v) is 4.72. The van der Waals surface area contributed by atoms with Crippen LogP contribution < -0.4 is 9.47 Å². The van der Waals surface area contributed by atoms with E-state index < -0.39 is 0 Å². The van der Waals surface area contributed by atoms with Gasteiger partial charge in [0.25, 0.3) is 0 Å². The first-order valence-electron chi connectivity index (χ1n) is 11.0. The minimum absolute atomic E-state index is 0.131. The third-order valence-corrected chi connectivity index (χ3v) is 6.70. The van der Waals surface area contributed by atoms with Crippen LogP contribution in [0, 0.1) is 0 Å². The lowest BCUT2D eigenvalue weighted by molar-refractivity contribution is -0.130. The molecule has 0 aliphatic carbocycles. The Hall–Kier alpha value is -3.04. The number of ether oxygens (including phenoxy) is 2. The molecule has 1 fully saturated rings. The first kappa shape index (κ1) is 23.1. The quantitative estimate of drug-likeness (QED) is 0.471. The summed E-state index contributed by atoms with van der Waals surface area (Å²) < 4.78 is 12.8. The monoisotopic (exact) mass is 467 g/mol. The summed E-state index contributed by atoms with van der Waals surface area (Å²) in [4.78, 5) is 17.1. The van der Waals surface area contributed by atoms with Gasteiger partial charge in [0.05, 0.1) is 20.0 Å². The third kappa shape index (κ3) is 5.15. The van der Waals surface area contributed by atoms with E-state index in [0.29, 0.717) is 28.2 Å². The Bertz CT molecular complexity index is 1080. The molecule has 174 valence electrons. The van der Waals surface area contributed by atoms with Gasteiger partial charge in [-0.05, 0) is 36.9 Å². The summed E-state index contributed by atoms with van der Waals surface area (Å²) in [6, 6.07) is 15.6. The zero-order valence-electron chi connectivity index (χ0n) is 19.2. The molecule has 2 aromatic carbocycles. The van der Waals surface area contributed by atoms with E-state index in [9.17, 15) is 4.79 Å². The van der Waals surface area contributed by atoms with Crippen molar-refractivity contribution in [1.29, 1.82) is 0 Å². The van der Waals surface area contributed by atoms with E-state index >= 15 is 0 Å². The number of thioether (sulfide) groups is 1. The molecule has 0 N–H and O–H groups in total. The second-order valence-electron chi connectivity index (χ2n) is 7.65. The van der Waals surface area contributed by atoms with E-state index in [4.69, 9.17) is 9.47 Å². The van der Waals surface area contributed by atoms with E-state index in [2.05, 4.69) is 22.0 Å². The average Bonchev–Trinajstić information content (AvgIpc) is 3.31. The van der Waals surface area contributed by atoms with Crippen molar-refractivity contribution in [3.05, 3.63) is 48.5 Å². The second kappa shape index (κ2) is 10.7.